The van der Waals surface area contributed by atoms with Gasteiger partial charge in [-0.15, -0.1) is 0 Å². The van der Waals surface area contributed by atoms with Crippen molar-refractivity contribution in [3.05, 3.63) is 70.8 Å². The van der Waals surface area contributed by atoms with Crippen molar-refractivity contribution >= 4 is 28.9 Å². The lowest BCUT2D eigenvalue weighted by Gasteiger charge is -2.72. The van der Waals surface area contributed by atoms with E-state index in [1.54, 1.807) is 80.5 Å². The van der Waals surface area contributed by atoms with E-state index in [0.717, 1.165) is 183 Å². The number of rotatable bonds is 5. The number of fused-ring (bicyclic) bond motifs is 22. The number of likely N-dealkylation sites (tertiary alicyclic amines) is 1. The standard InChI is InChI=1S/C30H52.C22H38.C18H22O.C17H23N.C17H28O2.2C15H24O/c1-20(2)21-12-16-27(5)18-19-29(7)22(25(21)27)10-11-24-28(6)15-9-14-26(3,4)23(28)13-17-30(24,29)8;1-15(2)18-10-11-19-17-9-8-16-7-5-6-13-21(16,3)20(17)12-14-22(18,19)4;1-18-11-10-14-13-5-3-2-4-12(13)6-7-15(14)16(18)8-9-17(18)19;1-18-11-10-17-9-5-4-8-15(17)16(18)12-13-6-2-3-7-14(13)17;1-12(18)6-7-13-14(19)8-9-15-16(2,3)10-5-11-17(13,15)4;1-13(2)7-6-11(16)12-14(3,4)10-5-8-15(12,13)9-10;1-14(2)9-11-12(14)6-7-15(3)8-10(15)4-5-13(11)16/h20-25H,9-19H2,1-8H3;15-20H,5-14H2,1-4H3;2-5,14-16H,6-11H2,1H3;2-3,6-7,15-16H,4-5,8-12H2,1H3;13,15H,5-11H2,1-4H3;10,12H,5-9H2,1-4H3;10-12H,4-9H2,1-3H3/t21-,22?,23-,24+,25+,27+,28-,29+,30+;16-,17+,18-,19+,20+,21+,22-;14-,15-,16+,18+;15-,16+,17-;13-,15?,17+;10-,12-,15-;10-,11?,12+,15-/m0110000/s1. The Labute approximate surface area is 858 Å². The van der Waals surface area contributed by atoms with E-state index in [1.807, 2.05) is 0 Å². The average molecular weight is 1920 g/mol. The molecule has 0 aromatic heterocycles. The molecule has 0 N–H and O–H groups in total. The van der Waals surface area contributed by atoms with Gasteiger partial charge in [-0.1, -0.05) is 246 Å². The largest absolute Gasteiger partial charge is 0.303 e. The lowest BCUT2D eigenvalue weighted by molar-refractivity contribution is -0.236. The summed E-state index contributed by atoms with van der Waals surface area (Å²) in [5, 5.41) is 0. The van der Waals surface area contributed by atoms with Gasteiger partial charge in [0.05, 0.1) is 0 Å². The fourth-order valence-corrected chi connectivity index (χ4v) is 45.6. The highest BCUT2D eigenvalue weighted by Gasteiger charge is 2.73. The van der Waals surface area contributed by atoms with Crippen molar-refractivity contribution in [1.82, 2.24) is 4.90 Å². The highest BCUT2D eigenvalue weighted by Crippen LogP contribution is 2.80. The molecule has 4 bridgehead atoms. The molecular weight excluding hydrogens is 1700 g/mol. The van der Waals surface area contributed by atoms with E-state index in [-0.39, 0.29) is 27.9 Å². The van der Waals surface area contributed by atoms with Crippen LogP contribution < -0.4 is 0 Å². The summed E-state index contributed by atoms with van der Waals surface area (Å²) in [6.45, 7) is 60.7. The van der Waals surface area contributed by atoms with Gasteiger partial charge in [0.15, 0.2) is 0 Å². The third-order valence-corrected chi connectivity index (χ3v) is 53.8. The zero-order chi connectivity index (χ0) is 100. The van der Waals surface area contributed by atoms with E-state index >= 15 is 0 Å². The zero-order valence-corrected chi connectivity index (χ0v) is 95.2. The fourth-order valence-electron chi connectivity index (χ4n) is 45.6. The van der Waals surface area contributed by atoms with Crippen molar-refractivity contribution in [1.29, 1.82) is 0 Å². The maximum atomic E-state index is 12.4. The maximum Gasteiger partial charge on any atom is 0.139 e. The Kier molecular flexibility index (Phi) is 28.5. The van der Waals surface area contributed by atoms with Crippen LogP contribution in [0.15, 0.2) is 48.5 Å². The van der Waals surface area contributed by atoms with Crippen LogP contribution in [0.4, 0.5) is 0 Å². The smallest absolute Gasteiger partial charge is 0.139 e. The van der Waals surface area contributed by atoms with Gasteiger partial charge in [-0.3, -0.25) is 19.2 Å². The van der Waals surface area contributed by atoms with Gasteiger partial charge in [0.1, 0.15) is 28.9 Å². The van der Waals surface area contributed by atoms with Crippen LogP contribution in [0.2, 0.25) is 0 Å². The molecule has 0 amide bonds. The van der Waals surface area contributed by atoms with Gasteiger partial charge < -0.3 is 9.69 Å². The summed E-state index contributed by atoms with van der Waals surface area (Å²) in [5.41, 5.74) is 14.0. The predicted octanol–water partition coefficient (Wildman–Crippen LogP) is 35.1. The number of nitrogens with zero attached hydrogens (tertiary/aromatic N) is 1. The molecule has 1 heterocycles. The van der Waals surface area contributed by atoms with Gasteiger partial charge in [-0.05, 0) is 494 Å². The highest BCUT2D eigenvalue weighted by molar-refractivity contribution is 5.87. The van der Waals surface area contributed by atoms with Crippen molar-refractivity contribution < 1.29 is 24.0 Å². The SMILES string of the molecule is CC(=O)CC[C@H]1C(=O)CCC2C(C)(C)CCC[C@@]21C.CC(C)[C@@H]1CC[C@]2(C)CC[C@]3(C)C(CC[C@@H]4[C@@]5(C)CCCC(C)(C)[C@@H]5CC[C@]43C)[C@@H]12.CC(C)[C@H]1CC[C@H]2[C@@H]3CC[C@H]4CCCC[C@]4(C)[C@H]3CC[C@]12C.CC1(C)CC2C(=O)CC[C@H]3C[C@]3(C)CC[C@H]21.CC1(C)[C@H]2CC[C@]3(C2)[C@H]1C(=O)CCC3(C)C.CN1CC[C@]23CCCC[C@H]2[C@H]1Cc1ccccc13.C[C@]12CC[C@@H]3c4ccccc4CC[C@H]3[C@@H]1CCC2=O. The molecular formula is C134H211NO5. The lowest BCUT2D eigenvalue weighted by atomic mass is 9.32. The van der Waals surface area contributed by atoms with Crippen molar-refractivity contribution in [2.24, 2.45) is 211 Å². The molecule has 1 spiro atoms. The molecule has 23 aliphatic rings. The average Bonchev–Trinajstić information content (AvgIpc) is 0.926. The van der Waals surface area contributed by atoms with E-state index in [2.05, 4.69) is 220 Å². The van der Waals surface area contributed by atoms with Crippen molar-refractivity contribution in [3.8, 4) is 0 Å². The molecule has 6 heteroatoms. The van der Waals surface area contributed by atoms with Gasteiger partial charge in [0, 0.05) is 66.7 Å². The molecule has 25 rings (SSSR count). The number of benzene rings is 2. The maximum absolute atomic E-state index is 12.4. The number of hydrogen-bond acceptors (Lipinski definition) is 6. The number of ketones is 5. The summed E-state index contributed by atoms with van der Waals surface area (Å²) >= 11 is 0. The first-order valence-electron chi connectivity index (χ1n) is 61.3. The van der Waals surface area contributed by atoms with Crippen molar-refractivity contribution in [2.75, 3.05) is 13.6 Å². The Hall–Kier alpha value is -3.25. The van der Waals surface area contributed by atoms with Crippen LogP contribution in [0.25, 0.3) is 0 Å². The minimum atomic E-state index is 0.0213. The number of aryl methyl sites for hydroxylation is 1. The van der Waals surface area contributed by atoms with Crippen LogP contribution in [-0.2, 0) is 42.2 Å². The van der Waals surface area contributed by atoms with Crippen LogP contribution in [0.1, 0.15) is 509 Å². The van der Waals surface area contributed by atoms with Crippen molar-refractivity contribution in [2.45, 2.75) is 511 Å². The number of hydrogen-bond donors (Lipinski definition) is 0. The molecule has 2 aromatic rings. The van der Waals surface area contributed by atoms with E-state index in [0.29, 0.717) is 124 Å². The molecule has 33 atom stereocenters. The van der Waals surface area contributed by atoms with E-state index < -0.39 is 0 Å². The molecule has 1 saturated heterocycles. The van der Waals surface area contributed by atoms with Crippen LogP contribution >= 0.6 is 0 Å². The lowest BCUT2D eigenvalue weighted by Crippen LogP contribution is -2.65. The molecule has 3 unspecified atom stereocenters. The third kappa shape index (κ3) is 17.3. The first-order chi connectivity index (χ1) is 65.9. The minimum absolute atomic E-state index is 0.0213. The Bertz CT molecular complexity index is 4830. The summed E-state index contributed by atoms with van der Waals surface area (Å²) in [5.74, 6) is 21.3. The summed E-state index contributed by atoms with van der Waals surface area (Å²) in [6.07, 6.45) is 67.4. The second-order valence-electron chi connectivity index (χ2n) is 62.1. The molecule has 1 aliphatic heterocycles. The van der Waals surface area contributed by atoms with Gasteiger partial charge >= 0.3 is 0 Å². The van der Waals surface area contributed by atoms with Gasteiger partial charge in [-0.25, -0.2) is 0 Å². The van der Waals surface area contributed by atoms with Crippen LogP contribution in [0.3, 0.4) is 0 Å². The Morgan fingerprint density at radius 1 is 0.400 bits per heavy atom. The molecule has 22 aliphatic carbocycles. The number of carbonyl (C=O) groups is 5. The normalized spacial score (nSPS) is 47.7. The highest BCUT2D eigenvalue weighted by atomic mass is 16.1. The Balaban J connectivity index is 0.000000105. The Morgan fingerprint density at radius 3 is 1.79 bits per heavy atom. The van der Waals surface area contributed by atoms with E-state index in [1.165, 1.54) is 206 Å². The molecule has 0 radical (unpaired) electrons. The van der Waals surface area contributed by atoms with Crippen LogP contribution in [0.5, 0.6) is 0 Å². The van der Waals surface area contributed by atoms with Crippen molar-refractivity contribution in [3.63, 3.8) is 0 Å². The Morgan fingerprint density at radius 2 is 1.06 bits per heavy atom. The summed E-state index contributed by atoms with van der Waals surface area (Å²) in [7, 11) is 2.34. The molecule has 21 fully saturated rings. The minimum Gasteiger partial charge on any atom is -0.303 e. The number of piperidine rings is 1. The predicted molar refractivity (Wildman–Crippen MR) is 582 cm³/mol. The number of likely N-dealkylation sites (N-methyl/N-ethyl adjacent to an activating group) is 1. The number of Topliss-reactive ketones (excluding diaryl/α,β-unsaturated/α-hetero) is 5. The summed E-state index contributed by atoms with van der Waals surface area (Å²) in [6, 6.07) is 19.1. The summed E-state index contributed by atoms with van der Waals surface area (Å²) in [4.78, 5) is 63.0. The van der Waals surface area contributed by atoms with Gasteiger partial charge in [0.25, 0.3) is 0 Å². The quantitative estimate of drug-likeness (QED) is 0.296. The fraction of sp³-hybridized carbons (Fsp3) is 0.873. The second-order valence-corrected chi connectivity index (χ2v) is 62.1. The molecule has 140 heavy (non-hydrogen) atoms. The molecule has 782 valence electrons. The monoisotopic (exact) mass is 1910 g/mol. The number of carbonyl (C=O) groups excluding carboxylic acids is 5. The molecule has 2 aromatic carbocycles. The summed E-state index contributed by atoms with van der Waals surface area (Å²) < 4.78 is 0. The first-order valence-corrected chi connectivity index (χ1v) is 61.3. The zero-order valence-electron chi connectivity index (χ0n) is 95.2. The van der Waals surface area contributed by atoms with Crippen LogP contribution in [-0.4, -0.2) is 53.5 Å². The van der Waals surface area contributed by atoms with E-state index in [9.17, 15) is 24.0 Å². The molecule has 20 saturated carbocycles. The topological polar surface area (TPSA) is 88.6 Å². The van der Waals surface area contributed by atoms with Gasteiger partial charge in [-0.2, -0.15) is 0 Å². The van der Waals surface area contributed by atoms with E-state index in [4.69, 9.17) is 0 Å². The first kappa shape index (κ1) is 105. The third-order valence-electron chi connectivity index (χ3n) is 53.8. The van der Waals surface area contributed by atoms with Gasteiger partial charge in [0.2, 0.25) is 0 Å². The second kappa shape index (κ2) is 38.0. The molecule has 6 nitrogen and oxygen atoms in total. The van der Waals surface area contributed by atoms with Crippen LogP contribution in [0, 0.1) is 211 Å².